The van der Waals surface area contributed by atoms with Crippen LogP contribution in [0.1, 0.15) is 51.1 Å². The lowest BCUT2D eigenvalue weighted by molar-refractivity contribution is -0.137. The van der Waals surface area contributed by atoms with Crippen LogP contribution in [0, 0.1) is 17.1 Å². The number of nitriles is 1. The lowest BCUT2D eigenvalue weighted by Crippen LogP contribution is -2.41. The summed E-state index contributed by atoms with van der Waals surface area (Å²) in [6.45, 7) is 7.39. The summed E-state index contributed by atoms with van der Waals surface area (Å²) in [7, 11) is -0.876. The van der Waals surface area contributed by atoms with E-state index >= 15 is 0 Å². The predicted octanol–water partition coefficient (Wildman–Crippen LogP) is 2.89. The summed E-state index contributed by atoms with van der Waals surface area (Å²) in [5.74, 6) is -2.51. The minimum atomic E-state index is -1.08. The van der Waals surface area contributed by atoms with E-state index in [-0.39, 0.29) is 17.5 Å². The fourth-order valence-corrected chi connectivity index (χ4v) is 2.49. The van der Waals surface area contributed by atoms with Gasteiger partial charge < -0.3 is 14.4 Å². The van der Waals surface area contributed by atoms with E-state index in [0.717, 1.165) is 6.07 Å². The van der Waals surface area contributed by atoms with E-state index in [0.29, 0.717) is 0 Å². The Hall–Kier alpha value is -1.91. The topological polar surface area (TPSA) is 79.5 Å². The second-order valence-corrected chi connectivity index (χ2v) is 6.68. The molecule has 0 bridgehead atoms. The Morgan fingerprint density at radius 2 is 1.91 bits per heavy atom. The summed E-state index contributed by atoms with van der Waals surface area (Å²) in [5, 5.41) is 18.0. The summed E-state index contributed by atoms with van der Waals surface area (Å²) in [6.07, 6.45) is -0.334. The second kappa shape index (κ2) is 5.95. The zero-order valence-electron chi connectivity index (χ0n) is 13.6. The van der Waals surface area contributed by atoms with Crippen LogP contribution in [0.3, 0.4) is 0 Å². The van der Waals surface area contributed by atoms with Crippen molar-refractivity contribution in [2.24, 2.45) is 0 Å². The molecule has 1 atom stereocenters. The van der Waals surface area contributed by atoms with Gasteiger partial charge in [-0.2, -0.15) is 5.26 Å². The number of halogens is 1. The number of hydrogen-bond donors (Lipinski definition) is 1. The van der Waals surface area contributed by atoms with Crippen LogP contribution in [0.4, 0.5) is 4.39 Å². The maximum Gasteiger partial charge on any atom is 0.466 e. The van der Waals surface area contributed by atoms with Gasteiger partial charge >= 0.3 is 13.1 Å². The van der Waals surface area contributed by atoms with Gasteiger partial charge in [0.1, 0.15) is 5.82 Å². The lowest BCUT2D eigenvalue weighted by Gasteiger charge is -2.32. The van der Waals surface area contributed by atoms with Crippen LogP contribution in [-0.4, -0.2) is 29.4 Å². The molecule has 1 aromatic carbocycles. The van der Waals surface area contributed by atoms with E-state index in [2.05, 4.69) is 0 Å². The smallest absolute Gasteiger partial charge is 0.466 e. The van der Waals surface area contributed by atoms with E-state index in [4.69, 9.17) is 14.6 Å². The van der Waals surface area contributed by atoms with Crippen molar-refractivity contribution in [3.05, 3.63) is 35.1 Å². The van der Waals surface area contributed by atoms with Crippen molar-refractivity contribution >= 4 is 13.1 Å². The number of hydrogen-bond acceptors (Lipinski definition) is 4. The number of aliphatic carboxylic acids is 1. The van der Waals surface area contributed by atoms with Gasteiger partial charge in [-0.1, -0.05) is 6.07 Å². The molecule has 7 heteroatoms. The van der Waals surface area contributed by atoms with Crippen LogP contribution in [0.15, 0.2) is 18.2 Å². The Morgan fingerprint density at radius 3 is 2.35 bits per heavy atom. The standard InChI is InChI=1S/C16H19BFNO4/c1-15(2)16(3,4)23-17(22-15)12(8-14(20)21)11-6-5-10(9-19)7-13(11)18/h5-7,12H,8H2,1-4H3,(H,20,21). The van der Waals surface area contributed by atoms with Crippen molar-refractivity contribution in [3.8, 4) is 6.07 Å². The maximum atomic E-state index is 14.3. The Balaban J connectivity index is 2.40. The van der Waals surface area contributed by atoms with Gasteiger partial charge in [-0.25, -0.2) is 4.39 Å². The third kappa shape index (κ3) is 3.38. The fraction of sp³-hybridized carbons (Fsp3) is 0.500. The number of carboxylic acids is 1. The van der Waals surface area contributed by atoms with Crippen molar-refractivity contribution in [1.29, 1.82) is 5.26 Å². The first-order chi connectivity index (χ1) is 10.6. The van der Waals surface area contributed by atoms with Crippen molar-refractivity contribution < 1.29 is 23.6 Å². The van der Waals surface area contributed by atoms with Gasteiger partial charge in [0.05, 0.1) is 29.3 Å². The summed E-state index contributed by atoms with van der Waals surface area (Å²) in [5.41, 5.74) is -0.936. The van der Waals surface area contributed by atoms with Crippen LogP contribution in [0.2, 0.25) is 0 Å². The van der Waals surface area contributed by atoms with Gasteiger partial charge in [-0.15, -0.1) is 0 Å². The van der Waals surface area contributed by atoms with Crippen LogP contribution in [-0.2, 0) is 14.1 Å². The lowest BCUT2D eigenvalue weighted by atomic mass is 9.66. The van der Waals surface area contributed by atoms with Crippen LogP contribution in [0.25, 0.3) is 0 Å². The normalized spacial score (nSPS) is 20.1. The molecule has 1 saturated heterocycles. The number of carbonyl (C=O) groups is 1. The van der Waals surface area contributed by atoms with Crippen LogP contribution >= 0.6 is 0 Å². The highest BCUT2D eigenvalue weighted by Crippen LogP contribution is 2.42. The van der Waals surface area contributed by atoms with Gasteiger partial charge in [0.2, 0.25) is 0 Å². The van der Waals surface area contributed by atoms with Gasteiger partial charge in [0.25, 0.3) is 0 Å². The molecule has 23 heavy (non-hydrogen) atoms. The molecule has 2 rings (SSSR count). The maximum absolute atomic E-state index is 14.3. The summed E-state index contributed by atoms with van der Waals surface area (Å²) < 4.78 is 26.1. The molecule has 0 radical (unpaired) electrons. The first-order valence-electron chi connectivity index (χ1n) is 7.34. The third-order valence-electron chi connectivity index (χ3n) is 4.52. The molecule has 1 unspecified atom stereocenters. The van der Waals surface area contributed by atoms with E-state index in [1.54, 1.807) is 0 Å². The molecule has 0 spiro atoms. The first kappa shape index (κ1) is 17.4. The predicted molar refractivity (Wildman–Crippen MR) is 82.2 cm³/mol. The average Bonchev–Trinajstić information content (AvgIpc) is 2.64. The molecule has 122 valence electrons. The zero-order chi connectivity index (χ0) is 17.4. The minimum Gasteiger partial charge on any atom is -0.481 e. The van der Waals surface area contributed by atoms with E-state index in [9.17, 15) is 14.3 Å². The highest BCUT2D eigenvalue weighted by molar-refractivity contribution is 6.48. The minimum absolute atomic E-state index is 0.171. The molecule has 1 fully saturated rings. The summed E-state index contributed by atoms with van der Waals surface area (Å²) in [4.78, 5) is 11.2. The van der Waals surface area contributed by atoms with E-state index in [1.807, 2.05) is 33.8 Å². The molecule has 1 aliphatic rings. The Morgan fingerprint density at radius 1 is 1.35 bits per heavy atom. The van der Waals surface area contributed by atoms with Crippen LogP contribution < -0.4 is 0 Å². The molecular weight excluding hydrogens is 300 g/mol. The van der Waals surface area contributed by atoms with Gasteiger partial charge in [0.15, 0.2) is 0 Å². The molecule has 5 nitrogen and oxygen atoms in total. The fourth-order valence-electron chi connectivity index (χ4n) is 2.49. The van der Waals surface area contributed by atoms with E-state index < -0.39 is 35.9 Å². The second-order valence-electron chi connectivity index (χ2n) is 6.68. The molecule has 0 aromatic heterocycles. The Kier molecular flexibility index (Phi) is 4.51. The molecule has 0 aliphatic carbocycles. The highest BCUT2D eigenvalue weighted by atomic mass is 19.1. The number of carboxylic acid groups (broad SMARTS) is 1. The SMILES string of the molecule is CC1(C)OB(C(CC(=O)O)c2ccc(C#N)cc2F)OC1(C)C. The number of nitrogens with zero attached hydrogens (tertiary/aromatic N) is 1. The van der Waals surface area contributed by atoms with Gasteiger partial charge in [-0.3, -0.25) is 4.79 Å². The number of rotatable bonds is 4. The van der Waals surface area contributed by atoms with Gasteiger partial charge in [0, 0.05) is 5.82 Å². The molecule has 1 aromatic rings. The molecule has 0 amide bonds. The van der Waals surface area contributed by atoms with E-state index in [1.165, 1.54) is 12.1 Å². The van der Waals surface area contributed by atoms with Crippen molar-refractivity contribution in [2.75, 3.05) is 0 Å². The zero-order valence-corrected chi connectivity index (χ0v) is 13.6. The van der Waals surface area contributed by atoms with Crippen molar-refractivity contribution in [2.45, 2.75) is 51.1 Å². The molecule has 1 heterocycles. The monoisotopic (exact) mass is 319 g/mol. The van der Waals surface area contributed by atoms with Crippen molar-refractivity contribution in [3.63, 3.8) is 0 Å². The molecular formula is C16H19BFNO4. The number of benzene rings is 1. The first-order valence-corrected chi connectivity index (χ1v) is 7.34. The Labute approximate surface area is 135 Å². The Bertz CT molecular complexity index is 653. The quantitative estimate of drug-likeness (QED) is 0.863. The van der Waals surface area contributed by atoms with Gasteiger partial charge in [-0.05, 0) is 45.4 Å². The summed E-state index contributed by atoms with van der Waals surface area (Å²) >= 11 is 0. The van der Waals surface area contributed by atoms with Crippen LogP contribution in [0.5, 0.6) is 0 Å². The molecule has 1 aliphatic heterocycles. The molecule has 1 N–H and O–H groups in total. The largest absolute Gasteiger partial charge is 0.481 e. The molecule has 0 saturated carbocycles. The summed E-state index contributed by atoms with van der Waals surface area (Å²) in [6, 6.07) is 5.82. The third-order valence-corrected chi connectivity index (χ3v) is 4.52. The average molecular weight is 319 g/mol. The highest BCUT2D eigenvalue weighted by Gasteiger charge is 2.54. The van der Waals surface area contributed by atoms with Crippen molar-refractivity contribution in [1.82, 2.24) is 0 Å².